The van der Waals surface area contributed by atoms with Crippen LogP contribution in [0.5, 0.6) is 5.75 Å². The van der Waals surface area contributed by atoms with Crippen LogP contribution in [-0.2, 0) is 11.4 Å². The second-order valence-electron chi connectivity index (χ2n) is 8.11. The average molecular weight is 462 g/mol. The Bertz CT molecular complexity index is 1540. The summed E-state index contributed by atoms with van der Waals surface area (Å²) in [4.78, 5) is 28.2. The lowest BCUT2D eigenvalue weighted by Crippen LogP contribution is -2.06. The molecular weight excluding hydrogens is 438 g/mol. The van der Waals surface area contributed by atoms with Crippen molar-refractivity contribution < 1.29 is 9.53 Å². The molecule has 5 aromatic rings. The molecule has 3 aromatic heterocycles. The van der Waals surface area contributed by atoms with Gasteiger partial charge in [-0.3, -0.25) is 4.79 Å². The number of carbonyl (C=O) groups excluding carboxylic acids is 1. The Morgan fingerprint density at radius 3 is 2.83 bits per heavy atom. The van der Waals surface area contributed by atoms with Crippen LogP contribution in [0.15, 0.2) is 92.2 Å². The van der Waals surface area contributed by atoms with Gasteiger partial charge in [0, 0.05) is 34.6 Å². The number of aryl methyl sites for hydroxylation is 1. The predicted molar refractivity (Wildman–Crippen MR) is 137 cm³/mol. The van der Waals surface area contributed by atoms with Gasteiger partial charge in [-0.1, -0.05) is 48.5 Å². The number of nitrogens with zero attached hydrogens (tertiary/aromatic N) is 3. The number of ether oxygens (including phenoxy) is 1. The SMILES string of the molecule is C=CC(=O)Nc1cccc(-c2cnc3[nH]cc(-c4ncncc4OCc4cccc(C)c4)c3c2)c1. The van der Waals surface area contributed by atoms with Gasteiger partial charge in [0.1, 0.15) is 24.3 Å². The molecule has 0 aliphatic rings. The smallest absolute Gasteiger partial charge is 0.247 e. The molecular formula is C28H23N5O2. The number of pyridine rings is 1. The summed E-state index contributed by atoms with van der Waals surface area (Å²) in [6.45, 7) is 5.97. The Morgan fingerprint density at radius 1 is 1.09 bits per heavy atom. The van der Waals surface area contributed by atoms with Gasteiger partial charge in [-0.25, -0.2) is 15.0 Å². The van der Waals surface area contributed by atoms with E-state index in [4.69, 9.17) is 4.74 Å². The van der Waals surface area contributed by atoms with Crippen LogP contribution in [0.3, 0.4) is 0 Å². The van der Waals surface area contributed by atoms with Crippen molar-refractivity contribution in [2.24, 2.45) is 0 Å². The van der Waals surface area contributed by atoms with Crippen molar-refractivity contribution in [3.63, 3.8) is 0 Å². The van der Waals surface area contributed by atoms with Crippen molar-refractivity contribution in [3.8, 4) is 28.1 Å². The summed E-state index contributed by atoms with van der Waals surface area (Å²) in [5.41, 5.74) is 7.06. The molecule has 0 fully saturated rings. The Hall–Kier alpha value is -4.78. The van der Waals surface area contributed by atoms with E-state index in [1.165, 1.54) is 18.0 Å². The molecule has 0 saturated heterocycles. The van der Waals surface area contributed by atoms with Crippen molar-refractivity contribution in [1.82, 2.24) is 19.9 Å². The van der Waals surface area contributed by atoms with Crippen LogP contribution in [0, 0.1) is 6.92 Å². The minimum atomic E-state index is -0.259. The second kappa shape index (κ2) is 9.61. The molecule has 0 aliphatic carbocycles. The molecule has 0 bridgehead atoms. The van der Waals surface area contributed by atoms with E-state index in [1.54, 1.807) is 12.4 Å². The highest BCUT2D eigenvalue weighted by Crippen LogP contribution is 2.35. The minimum absolute atomic E-state index is 0.259. The first-order chi connectivity index (χ1) is 17.1. The molecule has 2 N–H and O–H groups in total. The van der Waals surface area contributed by atoms with Gasteiger partial charge in [0.15, 0.2) is 5.75 Å². The van der Waals surface area contributed by atoms with Crippen LogP contribution < -0.4 is 10.1 Å². The van der Waals surface area contributed by atoms with Gasteiger partial charge in [0.25, 0.3) is 0 Å². The van der Waals surface area contributed by atoms with E-state index >= 15 is 0 Å². The van der Waals surface area contributed by atoms with Crippen LogP contribution >= 0.6 is 0 Å². The predicted octanol–water partition coefficient (Wildman–Crippen LogP) is 5.70. The highest BCUT2D eigenvalue weighted by atomic mass is 16.5. The Kier molecular flexibility index (Phi) is 6.05. The number of aromatic amines is 1. The largest absolute Gasteiger partial charge is 0.485 e. The summed E-state index contributed by atoms with van der Waals surface area (Å²) in [7, 11) is 0. The van der Waals surface area contributed by atoms with Crippen molar-refractivity contribution >= 4 is 22.6 Å². The van der Waals surface area contributed by atoms with Gasteiger partial charge in [-0.05, 0) is 42.3 Å². The molecule has 7 heteroatoms. The number of H-pyrrole nitrogens is 1. The minimum Gasteiger partial charge on any atom is -0.485 e. The highest BCUT2D eigenvalue weighted by Gasteiger charge is 2.15. The number of amides is 1. The van der Waals surface area contributed by atoms with Gasteiger partial charge >= 0.3 is 0 Å². The molecule has 0 aliphatic heterocycles. The summed E-state index contributed by atoms with van der Waals surface area (Å²) in [6, 6.07) is 17.8. The van der Waals surface area contributed by atoms with E-state index in [0.717, 1.165) is 33.3 Å². The summed E-state index contributed by atoms with van der Waals surface area (Å²) in [6.07, 6.45) is 8.11. The van der Waals surface area contributed by atoms with E-state index in [1.807, 2.05) is 42.6 Å². The molecule has 0 spiro atoms. The number of rotatable bonds is 7. The number of anilines is 1. The average Bonchev–Trinajstić information content (AvgIpc) is 3.31. The third kappa shape index (κ3) is 4.79. The quantitative estimate of drug-likeness (QED) is 0.303. The topological polar surface area (TPSA) is 92.8 Å². The molecule has 172 valence electrons. The normalized spacial score (nSPS) is 10.8. The van der Waals surface area contributed by atoms with Crippen molar-refractivity contribution in [2.45, 2.75) is 13.5 Å². The molecule has 7 nitrogen and oxygen atoms in total. The number of benzene rings is 2. The number of fused-ring (bicyclic) bond motifs is 1. The van der Waals surface area contributed by atoms with Crippen LogP contribution in [0.25, 0.3) is 33.4 Å². The number of nitrogens with one attached hydrogen (secondary N) is 2. The summed E-state index contributed by atoms with van der Waals surface area (Å²) in [5, 5.41) is 3.70. The maximum atomic E-state index is 11.7. The molecule has 3 heterocycles. The molecule has 0 unspecified atom stereocenters. The van der Waals surface area contributed by atoms with Crippen molar-refractivity contribution in [2.75, 3.05) is 5.32 Å². The lowest BCUT2D eigenvalue weighted by molar-refractivity contribution is -0.111. The zero-order valence-corrected chi connectivity index (χ0v) is 19.2. The number of hydrogen-bond acceptors (Lipinski definition) is 5. The number of carbonyl (C=O) groups is 1. The molecule has 2 aromatic carbocycles. The van der Waals surface area contributed by atoms with Crippen LogP contribution in [-0.4, -0.2) is 25.8 Å². The van der Waals surface area contributed by atoms with Gasteiger partial charge < -0.3 is 15.0 Å². The van der Waals surface area contributed by atoms with Gasteiger partial charge in [-0.15, -0.1) is 0 Å². The van der Waals surface area contributed by atoms with Crippen LogP contribution in [0.2, 0.25) is 0 Å². The van der Waals surface area contributed by atoms with Gasteiger partial charge in [0.2, 0.25) is 5.91 Å². The lowest BCUT2D eigenvalue weighted by Gasteiger charge is -2.10. The molecule has 0 atom stereocenters. The molecule has 0 saturated carbocycles. The maximum absolute atomic E-state index is 11.7. The fraction of sp³-hybridized carbons (Fsp3) is 0.0714. The van der Waals surface area contributed by atoms with Gasteiger partial charge in [-0.2, -0.15) is 0 Å². The van der Waals surface area contributed by atoms with E-state index in [-0.39, 0.29) is 5.91 Å². The zero-order chi connectivity index (χ0) is 24.2. The number of hydrogen-bond donors (Lipinski definition) is 2. The Labute approximate surface area is 202 Å². The van der Waals surface area contributed by atoms with Crippen LogP contribution in [0.1, 0.15) is 11.1 Å². The van der Waals surface area contributed by atoms with E-state index < -0.39 is 0 Å². The first-order valence-corrected chi connectivity index (χ1v) is 11.1. The molecule has 5 rings (SSSR count). The van der Waals surface area contributed by atoms with E-state index in [0.29, 0.717) is 23.7 Å². The summed E-state index contributed by atoms with van der Waals surface area (Å²) < 4.78 is 6.12. The molecule has 35 heavy (non-hydrogen) atoms. The fourth-order valence-electron chi connectivity index (χ4n) is 3.91. The van der Waals surface area contributed by atoms with Crippen LogP contribution in [0.4, 0.5) is 5.69 Å². The second-order valence-corrected chi connectivity index (χ2v) is 8.11. The fourth-order valence-corrected chi connectivity index (χ4v) is 3.91. The Morgan fingerprint density at radius 2 is 1.97 bits per heavy atom. The summed E-state index contributed by atoms with van der Waals surface area (Å²) >= 11 is 0. The third-order valence-electron chi connectivity index (χ3n) is 5.59. The highest BCUT2D eigenvalue weighted by molar-refractivity contribution is 5.99. The Balaban J connectivity index is 1.49. The summed E-state index contributed by atoms with van der Waals surface area (Å²) in [5.74, 6) is 0.333. The standard InChI is InChI=1S/C28H23N5O2/c1-3-26(34)33-22-9-5-8-20(11-22)21-12-23-24(14-31-28(23)30-13-21)27-25(15-29-17-32-27)35-16-19-7-4-6-18(2)10-19/h3-15,17H,1,16H2,2H3,(H,30,31)(H,33,34). The third-order valence-corrected chi connectivity index (χ3v) is 5.59. The van der Waals surface area contributed by atoms with Crippen molar-refractivity contribution in [3.05, 3.63) is 103 Å². The lowest BCUT2D eigenvalue weighted by atomic mass is 10.0. The van der Waals surface area contributed by atoms with Crippen molar-refractivity contribution in [1.29, 1.82) is 0 Å². The van der Waals surface area contributed by atoms with E-state index in [2.05, 4.69) is 57.0 Å². The first-order valence-electron chi connectivity index (χ1n) is 11.1. The monoisotopic (exact) mass is 461 g/mol. The van der Waals surface area contributed by atoms with Gasteiger partial charge in [0.05, 0.1) is 6.20 Å². The first kappa shape index (κ1) is 22.0. The molecule has 0 radical (unpaired) electrons. The molecule has 1 amide bonds. The van der Waals surface area contributed by atoms with E-state index in [9.17, 15) is 4.79 Å². The zero-order valence-electron chi connectivity index (χ0n) is 19.2. The maximum Gasteiger partial charge on any atom is 0.247 e. The number of aromatic nitrogens is 4.